The van der Waals surface area contributed by atoms with E-state index in [9.17, 15) is 4.79 Å². The summed E-state index contributed by atoms with van der Waals surface area (Å²) in [5, 5.41) is 0. The molecule has 0 aliphatic rings. The maximum Gasteiger partial charge on any atom is 0.223 e. The van der Waals surface area contributed by atoms with E-state index < -0.39 is 5.91 Å². The van der Waals surface area contributed by atoms with Gasteiger partial charge in [0.2, 0.25) is 5.91 Å². The Bertz CT molecular complexity index is 1160. The number of carbonyl (C=O) groups is 1. The van der Waals surface area contributed by atoms with E-state index in [0.29, 0.717) is 5.69 Å². The van der Waals surface area contributed by atoms with Gasteiger partial charge in [-0.2, -0.15) is 0 Å². The number of aromatic nitrogens is 4. The number of fused-ring (bicyclic) bond motifs is 1. The molecular weight excluding hydrogens is 340 g/mol. The van der Waals surface area contributed by atoms with Gasteiger partial charge in [-0.25, -0.2) is 4.98 Å². The molecule has 0 atom stereocenters. The summed E-state index contributed by atoms with van der Waals surface area (Å²) in [5.41, 5.74) is 17.5. The molecule has 0 fully saturated rings. The van der Waals surface area contributed by atoms with Crippen molar-refractivity contribution in [1.82, 2.24) is 19.4 Å². The fraction of sp³-hybridized carbons (Fsp3) is 0.100. The van der Waals surface area contributed by atoms with E-state index in [4.69, 9.17) is 11.5 Å². The van der Waals surface area contributed by atoms with Crippen molar-refractivity contribution in [1.29, 1.82) is 0 Å². The molecule has 0 bridgehead atoms. The molecule has 0 spiro atoms. The van der Waals surface area contributed by atoms with Crippen molar-refractivity contribution >= 4 is 17.2 Å². The number of aryl methyl sites for hydroxylation is 1. The lowest BCUT2D eigenvalue weighted by Gasteiger charge is -2.11. The van der Waals surface area contributed by atoms with Gasteiger partial charge in [-0.1, -0.05) is 6.07 Å². The van der Waals surface area contributed by atoms with Crippen LogP contribution in [0.4, 0.5) is 5.69 Å². The third-order valence-electron chi connectivity index (χ3n) is 4.29. The Morgan fingerprint density at radius 3 is 2.78 bits per heavy atom. The lowest BCUT2D eigenvalue weighted by molar-refractivity contribution is -0.117. The highest BCUT2D eigenvalue weighted by atomic mass is 16.1. The van der Waals surface area contributed by atoms with Crippen molar-refractivity contribution in [3.63, 3.8) is 0 Å². The first-order valence-electron chi connectivity index (χ1n) is 8.45. The third-order valence-corrected chi connectivity index (χ3v) is 4.29. The second-order valence-electron chi connectivity index (χ2n) is 6.37. The molecule has 7 nitrogen and oxygen atoms in total. The fourth-order valence-electron chi connectivity index (χ4n) is 3.08. The van der Waals surface area contributed by atoms with Crippen molar-refractivity contribution in [3.8, 4) is 22.5 Å². The van der Waals surface area contributed by atoms with Crippen LogP contribution in [0.1, 0.15) is 11.4 Å². The normalized spacial score (nSPS) is 11.0. The third kappa shape index (κ3) is 3.22. The van der Waals surface area contributed by atoms with E-state index >= 15 is 0 Å². The van der Waals surface area contributed by atoms with Gasteiger partial charge in [-0.05, 0) is 37.3 Å². The van der Waals surface area contributed by atoms with Crippen molar-refractivity contribution in [3.05, 3.63) is 66.4 Å². The smallest absolute Gasteiger partial charge is 0.223 e. The number of imidazole rings is 1. The zero-order valence-electron chi connectivity index (χ0n) is 14.8. The van der Waals surface area contributed by atoms with Crippen LogP contribution in [0.25, 0.3) is 28.2 Å². The van der Waals surface area contributed by atoms with Crippen LogP contribution in [0, 0.1) is 6.92 Å². The van der Waals surface area contributed by atoms with Gasteiger partial charge in [0.15, 0.2) is 0 Å². The molecule has 7 heteroatoms. The SMILES string of the molecule is Cc1cccc(-c2ncc(N)cc2-c2ccc3ncc(CC(N)=O)n3c2)n1. The number of nitrogen functional groups attached to an aromatic ring is 1. The zero-order chi connectivity index (χ0) is 19.0. The summed E-state index contributed by atoms with van der Waals surface area (Å²) in [5.74, 6) is -0.405. The molecule has 4 aromatic rings. The van der Waals surface area contributed by atoms with Crippen LogP contribution in [-0.4, -0.2) is 25.3 Å². The molecule has 4 aromatic heterocycles. The van der Waals surface area contributed by atoms with Crippen LogP contribution in [0.15, 0.2) is 55.0 Å². The Morgan fingerprint density at radius 1 is 1.15 bits per heavy atom. The van der Waals surface area contributed by atoms with Crippen LogP contribution in [0.3, 0.4) is 0 Å². The topological polar surface area (TPSA) is 112 Å². The average molecular weight is 358 g/mol. The lowest BCUT2D eigenvalue weighted by Crippen LogP contribution is -2.14. The first-order valence-corrected chi connectivity index (χ1v) is 8.45. The number of nitrogens with two attached hydrogens (primary N) is 2. The van der Waals surface area contributed by atoms with Gasteiger partial charge in [0, 0.05) is 29.2 Å². The minimum Gasteiger partial charge on any atom is -0.397 e. The van der Waals surface area contributed by atoms with Crippen LogP contribution in [0.2, 0.25) is 0 Å². The standard InChI is InChI=1S/C20H18N6O/c1-12-3-2-4-17(25-12)20-16(7-14(21)9-24-20)13-5-6-19-23-10-15(8-18(22)27)26(19)11-13/h2-7,9-11H,8,21H2,1H3,(H2,22,27). The molecule has 1 amide bonds. The first-order chi connectivity index (χ1) is 13.0. The molecule has 0 saturated carbocycles. The number of rotatable bonds is 4. The van der Waals surface area contributed by atoms with Gasteiger partial charge < -0.3 is 15.9 Å². The number of carbonyl (C=O) groups excluding carboxylic acids is 1. The Labute approximate surface area is 155 Å². The van der Waals surface area contributed by atoms with E-state index in [1.54, 1.807) is 12.4 Å². The Hall–Kier alpha value is -3.74. The maximum atomic E-state index is 11.3. The van der Waals surface area contributed by atoms with Gasteiger partial charge in [0.1, 0.15) is 5.65 Å². The molecule has 0 radical (unpaired) electrons. The minimum absolute atomic E-state index is 0.117. The molecule has 0 saturated heterocycles. The molecule has 4 N–H and O–H groups in total. The second-order valence-corrected chi connectivity index (χ2v) is 6.37. The number of hydrogen-bond donors (Lipinski definition) is 2. The van der Waals surface area contributed by atoms with E-state index in [0.717, 1.165) is 39.5 Å². The maximum absolute atomic E-state index is 11.3. The second kappa shape index (κ2) is 6.53. The molecule has 134 valence electrons. The molecule has 0 unspecified atom stereocenters. The van der Waals surface area contributed by atoms with Gasteiger partial charge in [0.05, 0.1) is 35.4 Å². The molecule has 0 aliphatic heterocycles. The van der Waals surface area contributed by atoms with Crippen molar-refractivity contribution < 1.29 is 4.79 Å². The van der Waals surface area contributed by atoms with E-state index in [1.165, 1.54) is 0 Å². The summed E-state index contributed by atoms with van der Waals surface area (Å²) in [4.78, 5) is 24.7. The number of nitrogens with zero attached hydrogens (tertiary/aromatic N) is 4. The van der Waals surface area contributed by atoms with Crippen LogP contribution >= 0.6 is 0 Å². The summed E-state index contributed by atoms with van der Waals surface area (Å²) in [6.07, 6.45) is 5.31. The van der Waals surface area contributed by atoms with Crippen LogP contribution < -0.4 is 11.5 Å². The van der Waals surface area contributed by atoms with Gasteiger partial charge in [0.25, 0.3) is 0 Å². The van der Waals surface area contributed by atoms with E-state index in [1.807, 2.05) is 53.9 Å². The summed E-state index contributed by atoms with van der Waals surface area (Å²) >= 11 is 0. The summed E-state index contributed by atoms with van der Waals surface area (Å²) in [6.45, 7) is 1.94. The Morgan fingerprint density at radius 2 is 2.00 bits per heavy atom. The average Bonchev–Trinajstić information content (AvgIpc) is 3.03. The Balaban J connectivity index is 1.90. The van der Waals surface area contributed by atoms with Crippen molar-refractivity contribution in [2.45, 2.75) is 13.3 Å². The summed E-state index contributed by atoms with van der Waals surface area (Å²) in [7, 11) is 0. The van der Waals surface area contributed by atoms with Gasteiger partial charge in [-0.15, -0.1) is 0 Å². The van der Waals surface area contributed by atoms with Crippen LogP contribution in [-0.2, 0) is 11.2 Å². The molecule has 4 rings (SSSR count). The Kier molecular flexibility index (Phi) is 4.04. The van der Waals surface area contributed by atoms with Crippen molar-refractivity contribution in [2.75, 3.05) is 5.73 Å². The minimum atomic E-state index is -0.405. The largest absolute Gasteiger partial charge is 0.397 e. The van der Waals surface area contributed by atoms with Gasteiger partial charge >= 0.3 is 0 Å². The highest BCUT2D eigenvalue weighted by molar-refractivity contribution is 5.81. The highest BCUT2D eigenvalue weighted by Crippen LogP contribution is 2.31. The zero-order valence-corrected chi connectivity index (χ0v) is 14.8. The quantitative estimate of drug-likeness (QED) is 0.581. The molecule has 0 aromatic carbocycles. The molecule has 27 heavy (non-hydrogen) atoms. The number of pyridine rings is 3. The number of anilines is 1. The predicted molar refractivity (Wildman–Crippen MR) is 104 cm³/mol. The van der Waals surface area contributed by atoms with E-state index in [2.05, 4.69) is 15.0 Å². The van der Waals surface area contributed by atoms with Gasteiger partial charge in [-0.3, -0.25) is 14.8 Å². The number of hydrogen-bond acceptors (Lipinski definition) is 5. The summed E-state index contributed by atoms with van der Waals surface area (Å²) < 4.78 is 1.86. The number of primary amides is 1. The van der Waals surface area contributed by atoms with Crippen molar-refractivity contribution in [2.24, 2.45) is 5.73 Å². The monoisotopic (exact) mass is 358 g/mol. The molecular formula is C20H18N6O. The molecule has 4 heterocycles. The summed E-state index contributed by atoms with van der Waals surface area (Å²) in [6, 6.07) is 11.5. The molecule has 0 aliphatic carbocycles. The predicted octanol–water partition coefficient (Wildman–Crippen LogP) is 2.38. The fourth-order valence-corrected chi connectivity index (χ4v) is 3.08. The first kappa shape index (κ1) is 16.7. The number of amides is 1. The van der Waals surface area contributed by atoms with E-state index in [-0.39, 0.29) is 6.42 Å². The van der Waals surface area contributed by atoms with Crippen LogP contribution in [0.5, 0.6) is 0 Å². The highest BCUT2D eigenvalue weighted by Gasteiger charge is 2.13. The lowest BCUT2D eigenvalue weighted by atomic mass is 10.0.